The topological polar surface area (TPSA) is 52.0 Å². The Hall–Kier alpha value is -1.88. The van der Waals surface area contributed by atoms with E-state index in [4.69, 9.17) is 4.74 Å². The number of hydrogen-bond acceptors (Lipinski definition) is 4. The van der Waals surface area contributed by atoms with Gasteiger partial charge in [0, 0.05) is 24.8 Å². The minimum Gasteiger partial charge on any atom is -0.435 e. The number of rotatable bonds is 4. The number of nitrogens with zero attached hydrogens (tertiary/aromatic N) is 3. The van der Waals surface area contributed by atoms with Crippen molar-refractivity contribution in [2.24, 2.45) is 7.05 Å². The Balaban J connectivity index is 2.38. The smallest absolute Gasteiger partial charge is 0.224 e. The first-order valence-electron chi connectivity index (χ1n) is 6.34. The van der Waals surface area contributed by atoms with E-state index in [1.807, 2.05) is 44.8 Å². The first-order valence-corrected chi connectivity index (χ1v) is 6.34. The molecule has 2 aromatic heterocycles. The van der Waals surface area contributed by atoms with Gasteiger partial charge in [-0.1, -0.05) is 6.07 Å². The largest absolute Gasteiger partial charge is 0.435 e. The molecule has 1 atom stereocenters. The molecule has 0 aliphatic rings. The van der Waals surface area contributed by atoms with Gasteiger partial charge in [-0.15, -0.1) is 0 Å². The number of pyridine rings is 1. The highest BCUT2D eigenvalue weighted by molar-refractivity contribution is 5.38. The molecule has 0 amide bonds. The van der Waals surface area contributed by atoms with Gasteiger partial charge in [-0.25, -0.2) is 4.98 Å². The van der Waals surface area contributed by atoms with Crippen LogP contribution in [0.3, 0.4) is 0 Å². The summed E-state index contributed by atoms with van der Waals surface area (Å²) in [6.07, 6.45) is 1.74. The van der Waals surface area contributed by atoms with Crippen LogP contribution in [0.1, 0.15) is 29.9 Å². The fourth-order valence-electron chi connectivity index (χ4n) is 1.97. The molecule has 2 heterocycles. The van der Waals surface area contributed by atoms with Crippen LogP contribution in [0.2, 0.25) is 0 Å². The van der Waals surface area contributed by atoms with Gasteiger partial charge in [-0.3, -0.25) is 4.68 Å². The predicted molar refractivity (Wildman–Crippen MR) is 74.5 cm³/mol. The van der Waals surface area contributed by atoms with Gasteiger partial charge in [0.1, 0.15) is 5.69 Å². The summed E-state index contributed by atoms with van der Waals surface area (Å²) in [5.41, 5.74) is 2.90. The molecule has 0 radical (unpaired) electrons. The maximum Gasteiger partial charge on any atom is 0.224 e. The molecule has 0 spiro atoms. The van der Waals surface area contributed by atoms with Crippen molar-refractivity contribution in [3.63, 3.8) is 0 Å². The lowest BCUT2D eigenvalue weighted by atomic mass is 10.1. The van der Waals surface area contributed by atoms with E-state index in [1.165, 1.54) is 0 Å². The fourth-order valence-corrected chi connectivity index (χ4v) is 1.97. The highest BCUT2D eigenvalue weighted by Gasteiger charge is 2.16. The van der Waals surface area contributed by atoms with Gasteiger partial charge in [0.25, 0.3) is 0 Å². The molecular weight excluding hydrogens is 240 g/mol. The van der Waals surface area contributed by atoms with E-state index >= 15 is 0 Å². The normalized spacial score (nSPS) is 12.5. The second-order valence-electron chi connectivity index (χ2n) is 4.63. The zero-order chi connectivity index (χ0) is 14.0. The third-order valence-corrected chi connectivity index (χ3v) is 3.34. The maximum absolute atomic E-state index is 5.98. The lowest BCUT2D eigenvalue weighted by Gasteiger charge is -2.15. The van der Waals surface area contributed by atoms with Gasteiger partial charge in [0.2, 0.25) is 5.88 Å². The molecule has 0 saturated carbocycles. The van der Waals surface area contributed by atoms with Crippen molar-refractivity contribution in [2.75, 3.05) is 7.05 Å². The van der Waals surface area contributed by atoms with E-state index in [-0.39, 0.29) is 6.04 Å². The molecule has 1 N–H and O–H groups in total. The molecule has 0 bridgehead atoms. The van der Waals surface area contributed by atoms with Gasteiger partial charge in [-0.05, 0) is 33.9 Å². The van der Waals surface area contributed by atoms with Crippen molar-refractivity contribution in [3.05, 3.63) is 35.3 Å². The SMILES string of the molecule is CNC(C)c1cccnc1Oc1c(C)nn(C)c1C. The van der Waals surface area contributed by atoms with Gasteiger partial charge in [0.05, 0.1) is 5.69 Å². The molecular formula is C14H20N4O. The van der Waals surface area contributed by atoms with E-state index in [2.05, 4.69) is 22.3 Å². The van der Waals surface area contributed by atoms with Gasteiger partial charge in [-0.2, -0.15) is 5.10 Å². The lowest BCUT2D eigenvalue weighted by molar-refractivity contribution is 0.440. The number of aryl methyl sites for hydroxylation is 2. The van der Waals surface area contributed by atoms with Gasteiger partial charge >= 0.3 is 0 Å². The lowest BCUT2D eigenvalue weighted by Crippen LogP contribution is -2.13. The predicted octanol–water partition coefficient (Wildman–Crippen LogP) is 2.50. The summed E-state index contributed by atoms with van der Waals surface area (Å²) < 4.78 is 7.79. The van der Waals surface area contributed by atoms with E-state index in [1.54, 1.807) is 6.20 Å². The van der Waals surface area contributed by atoms with Crippen LogP contribution in [0.4, 0.5) is 0 Å². The van der Waals surface area contributed by atoms with Crippen molar-refractivity contribution in [2.45, 2.75) is 26.8 Å². The molecule has 0 aliphatic heterocycles. The quantitative estimate of drug-likeness (QED) is 0.917. The van der Waals surface area contributed by atoms with Crippen LogP contribution in [0.25, 0.3) is 0 Å². The fraction of sp³-hybridized carbons (Fsp3) is 0.429. The van der Waals surface area contributed by atoms with E-state index in [9.17, 15) is 0 Å². The summed E-state index contributed by atoms with van der Waals surface area (Å²) in [6, 6.07) is 4.12. The van der Waals surface area contributed by atoms with Crippen molar-refractivity contribution in [1.82, 2.24) is 20.1 Å². The first-order chi connectivity index (χ1) is 9.04. The first kappa shape index (κ1) is 13.5. The minimum absolute atomic E-state index is 0.181. The van der Waals surface area contributed by atoms with Crippen LogP contribution in [-0.4, -0.2) is 21.8 Å². The number of ether oxygens (including phenoxy) is 1. The minimum atomic E-state index is 0.181. The van der Waals surface area contributed by atoms with Crippen LogP contribution in [-0.2, 0) is 7.05 Å². The summed E-state index contributed by atoms with van der Waals surface area (Å²) in [7, 11) is 3.83. The molecule has 0 fully saturated rings. The summed E-state index contributed by atoms with van der Waals surface area (Å²) in [5.74, 6) is 1.41. The second kappa shape index (κ2) is 5.40. The number of aromatic nitrogens is 3. The molecule has 5 nitrogen and oxygen atoms in total. The molecule has 0 aliphatic carbocycles. The molecule has 1 unspecified atom stereocenters. The molecule has 19 heavy (non-hydrogen) atoms. The summed E-state index contributed by atoms with van der Waals surface area (Å²) in [6.45, 7) is 6.00. The van der Waals surface area contributed by atoms with Crippen LogP contribution < -0.4 is 10.1 Å². The van der Waals surface area contributed by atoms with Crippen molar-refractivity contribution in [1.29, 1.82) is 0 Å². The van der Waals surface area contributed by atoms with E-state index < -0.39 is 0 Å². The van der Waals surface area contributed by atoms with E-state index in [0.29, 0.717) is 5.88 Å². The number of nitrogens with one attached hydrogen (secondary N) is 1. The van der Waals surface area contributed by atoms with Crippen molar-refractivity contribution >= 4 is 0 Å². The Kier molecular flexibility index (Phi) is 3.85. The Morgan fingerprint density at radius 3 is 2.68 bits per heavy atom. The summed E-state index contributed by atoms with van der Waals surface area (Å²) >= 11 is 0. The average molecular weight is 260 g/mol. The zero-order valence-electron chi connectivity index (χ0n) is 12.1. The van der Waals surface area contributed by atoms with Crippen LogP contribution in [0.5, 0.6) is 11.6 Å². The Labute approximate surface area is 113 Å². The average Bonchev–Trinajstić information content (AvgIpc) is 2.65. The van der Waals surface area contributed by atoms with Gasteiger partial charge < -0.3 is 10.1 Å². The van der Waals surface area contributed by atoms with Crippen molar-refractivity contribution in [3.8, 4) is 11.6 Å². The Bertz CT molecular complexity index is 577. The zero-order valence-corrected chi connectivity index (χ0v) is 12.1. The van der Waals surface area contributed by atoms with Crippen LogP contribution >= 0.6 is 0 Å². The third kappa shape index (κ3) is 2.61. The molecule has 102 valence electrons. The highest BCUT2D eigenvalue weighted by atomic mass is 16.5. The van der Waals surface area contributed by atoms with Crippen molar-refractivity contribution < 1.29 is 4.74 Å². The molecule has 0 saturated heterocycles. The highest BCUT2D eigenvalue weighted by Crippen LogP contribution is 2.30. The molecule has 5 heteroatoms. The van der Waals surface area contributed by atoms with Crippen LogP contribution in [0, 0.1) is 13.8 Å². The van der Waals surface area contributed by atoms with Gasteiger partial charge in [0.15, 0.2) is 5.75 Å². The second-order valence-corrected chi connectivity index (χ2v) is 4.63. The number of hydrogen-bond donors (Lipinski definition) is 1. The Morgan fingerprint density at radius 2 is 2.11 bits per heavy atom. The standard InChI is InChI=1S/C14H20N4O/c1-9(15-4)12-7-6-8-16-14(12)19-13-10(2)17-18(5)11(13)3/h6-9,15H,1-5H3. The summed E-state index contributed by atoms with van der Waals surface area (Å²) in [5, 5.41) is 7.55. The Morgan fingerprint density at radius 1 is 1.37 bits per heavy atom. The molecule has 2 aromatic rings. The third-order valence-electron chi connectivity index (χ3n) is 3.34. The maximum atomic E-state index is 5.98. The van der Waals surface area contributed by atoms with Crippen LogP contribution in [0.15, 0.2) is 18.3 Å². The molecule has 2 rings (SSSR count). The molecule has 0 aromatic carbocycles. The monoisotopic (exact) mass is 260 g/mol. The summed E-state index contributed by atoms with van der Waals surface area (Å²) in [4.78, 5) is 4.34. The van der Waals surface area contributed by atoms with E-state index in [0.717, 1.165) is 22.7 Å².